The van der Waals surface area contributed by atoms with E-state index in [2.05, 4.69) is 187 Å². The molecule has 1 spiro atoms. The van der Waals surface area contributed by atoms with E-state index in [0.29, 0.717) is 0 Å². The molecule has 2 aliphatic carbocycles. The molecule has 0 fully saturated rings. The quantitative estimate of drug-likeness (QED) is 0.182. The van der Waals surface area contributed by atoms with Crippen molar-refractivity contribution in [2.45, 2.75) is 11.6 Å². The van der Waals surface area contributed by atoms with Crippen LogP contribution in [0.25, 0.3) is 60.3 Å². The van der Waals surface area contributed by atoms with Crippen LogP contribution in [-0.2, 0) is 5.41 Å². The lowest BCUT2D eigenvalue weighted by molar-refractivity contribution is 0.632. The van der Waals surface area contributed by atoms with Crippen LogP contribution >= 0.6 is 0 Å². The van der Waals surface area contributed by atoms with Gasteiger partial charge in [0.15, 0.2) is 0 Å². The van der Waals surface area contributed by atoms with Gasteiger partial charge in [-0.05, 0) is 112 Å². The van der Waals surface area contributed by atoms with E-state index in [1.165, 1.54) is 76.8 Å². The highest BCUT2D eigenvalue weighted by Gasteiger charge is 2.52. The fourth-order valence-corrected chi connectivity index (χ4v) is 9.91. The number of para-hydroxylation sites is 1. The molecule has 1 N–H and O–H groups in total. The molecule has 1 heterocycles. The molecule has 0 saturated carbocycles. The summed E-state index contributed by atoms with van der Waals surface area (Å²) in [5.74, 6) is 0. The molecule has 2 unspecified atom stereocenters. The van der Waals surface area contributed by atoms with Crippen molar-refractivity contribution >= 4 is 38.0 Å². The van der Waals surface area contributed by atoms with Crippen LogP contribution in [0.3, 0.4) is 0 Å². The van der Waals surface area contributed by atoms with Gasteiger partial charge in [-0.3, -0.25) is 4.99 Å². The normalized spacial score (nSPS) is 17.6. The molecule has 2 heteroatoms. The van der Waals surface area contributed by atoms with E-state index in [-0.39, 0.29) is 6.17 Å². The Bertz CT molecular complexity index is 3160. The molecule has 0 amide bonds. The Morgan fingerprint density at radius 1 is 0.396 bits per heavy atom. The molecule has 53 heavy (non-hydrogen) atoms. The Morgan fingerprint density at radius 3 is 1.64 bits per heavy atom. The van der Waals surface area contributed by atoms with Crippen molar-refractivity contribution in [1.82, 2.24) is 5.32 Å². The van der Waals surface area contributed by atoms with Crippen molar-refractivity contribution in [3.05, 3.63) is 226 Å². The summed E-state index contributed by atoms with van der Waals surface area (Å²) in [6, 6.07) is 67.3. The highest BCUT2D eigenvalue weighted by Crippen LogP contribution is 2.63. The monoisotopic (exact) mass is 672 g/mol. The molecule has 0 bridgehead atoms. The van der Waals surface area contributed by atoms with E-state index in [1.807, 2.05) is 0 Å². The van der Waals surface area contributed by atoms with E-state index in [4.69, 9.17) is 4.99 Å². The second kappa shape index (κ2) is 10.6. The average molecular weight is 673 g/mol. The fourth-order valence-electron chi connectivity index (χ4n) is 9.91. The minimum atomic E-state index is -0.479. The van der Waals surface area contributed by atoms with Crippen LogP contribution in [0.2, 0.25) is 0 Å². The zero-order chi connectivity index (χ0) is 34.7. The Morgan fingerprint density at radius 2 is 0.925 bits per heavy atom. The van der Waals surface area contributed by atoms with Crippen molar-refractivity contribution in [1.29, 1.82) is 0 Å². The average Bonchev–Trinajstić information content (AvgIpc) is 3.69. The van der Waals surface area contributed by atoms with Crippen molar-refractivity contribution in [2.24, 2.45) is 4.99 Å². The highest BCUT2D eigenvalue weighted by atomic mass is 15.1. The summed E-state index contributed by atoms with van der Waals surface area (Å²) in [7, 11) is 0. The van der Waals surface area contributed by atoms with E-state index >= 15 is 0 Å². The summed E-state index contributed by atoms with van der Waals surface area (Å²) in [6.45, 7) is 0. The van der Waals surface area contributed by atoms with Crippen LogP contribution in [0, 0.1) is 0 Å². The van der Waals surface area contributed by atoms with E-state index < -0.39 is 5.41 Å². The van der Waals surface area contributed by atoms with Gasteiger partial charge in [0, 0.05) is 5.22 Å². The van der Waals surface area contributed by atoms with Gasteiger partial charge in [-0.1, -0.05) is 158 Å². The van der Waals surface area contributed by atoms with Crippen molar-refractivity contribution in [3.8, 4) is 22.3 Å². The van der Waals surface area contributed by atoms with Gasteiger partial charge in [0.05, 0.1) is 16.5 Å². The van der Waals surface area contributed by atoms with Gasteiger partial charge in [0.1, 0.15) is 6.17 Å². The lowest BCUT2D eigenvalue weighted by Gasteiger charge is -2.31. The fraction of sp³-hybridized carbons (Fsp3) is 0.0392. The molecule has 9 aromatic rings. The highest BCUT2D eigenvalue weighted by molar-refractivity contribution is 6.26. The maximum absolute atomic E-state index is 5.34. The van der Waals surface area contributed by atoms with Crippen LogP contribution in [0.5, 0.6) is 0 Å². The number of rotatable bonds is 2. The van der Waals surface area contributed by atoms with Crippen LogP contribution in [0.15, 0.2) is 187 Å². The molecule has 12 rings (SSSR count). The summed E-state index contributed by atoms with van der Waals surface area (Å²) < 4.78 is 0. The molecular formula is C51H32N2. The minimum Gasteiger partial charge on any atom is -0.359 e. The minimum absolute atomic E-state index is 0.241. The molecular weight excluding hydrogens is 641 g/mol. The maximum atomic E-state index is 5.34. The summed E-state index contributed by atoms with van der Waals surface area (Å²) in [5, 5.41) is 13.8. The number of nitrogens with one attached hydrogen (secondary N) is 1. The summed E-state index contributed by atoms with van der Waals surface area (Å²) in [4.78, 5) is 5.34. The molecule has 2 nitrogen and oxygen atoms in total. The first-order valence-corrected chi connectivity index (χ1v) is 18.5. The number of hydrogen-bond donors (Lipinski definition) is 1. The lowest BCUT2D eigenvalue weighted by atomic mass is 9.70. The van der Waals surface area contributed by atoms with Crippen molar-refractivity contribution < 1.29 is 0 Å². The van der Waals surface area contributed by atoms with Crippen LogP contribution in [0.1, 0.15) is 39.5 Å². The molecule has 0 aromatic heterocycles. The number of nitrogens with zero attached hydrogens (tertiary/aromatic N) is 1. The number of fused-ring (bicyclic) bond motifs is 17. The standard InChI is InChI=1S/C51H32N2/c1-2-14-31(15-3-1)49-40-22-10-13-25-48(40)52-50(53-49)32-26-27-39-37-20-8-11-23-44(37)51(46(39)28-32)45-24-12-9-21-38(45)43-29-41-35-18-6-4-16-33(35)34-17-5-7-19-36(34)42(41)30-47(43)51/h1-30,50,53H. The number of benzene rings is 9. The molecule has 9 aromatic carbocycles. The predicted molar refractivity (Wildman–Crippen MR) is 217 cm³/mol. The molecule has 2 atom stereocenters. The first kappa shape index (κ1) is 28.9. The Hall–Kier alpha value is -6.77. The first-order valence-electron chi connectivity index (χ1n) is 18.5. The van der Waals surface area contributed by atoms with Gasteiger partial charge in [0.25, 0.3) is 0 Å². The zero-order valence-corrected chi connectivity index (χ0v) is 28.8. The molecule has 1 aliphatic heterocycles. The van der Waals surface area contributed by atoms with Crippen molar-refractivity contribution in [3.63, 3.8) is 0 Å². The van der Waals surface area contributed by atoms with Crippen LogP contribution in [-0.4, -0.2) is 0 Å². The SMILES string of the molecule is c1ccc(C2=c3ccccc3=NC(c3ccc4c(c3)C3(c5ccccc5-4)c4ccccc4-c4cc5c6ccccc6c6ccccc6c5cc43)N2)cc1. The second-order valence-electron chi connectivity index (χ2n) is 14.6. The summed E-state index contributed by atoms with van der Waals surface area (Å²) in [6.07, 6.45) is -0.241. The molecule has 0 saturated heterocycles. The molecule has 0 radical (unpaired) electrons. The van der Waals surface area contributed by atoms with Crippen LogP contribution in [0.4, 0.5) is 0 Å². The summed E-state index contributed by atoms with van der Waals surface area (Å²) >= 11 is 0. The molecule has 3 aliphatic rings. The van der Waals surface area contributed by atoms with Gasteiger partial charge >= 0.3 is 0 Å². The Kier molecular flexibility index (Phi) is 5.79. The first-order chi connectivity index (χ1) is 26.3. The Balaban J connectivity index is 1.16. The van der Waals surface area contributed by atoms with E-state index in [1.54, 1.807) is 0 Å². The smallest absolute Gasteiger partial charge is 0.145 e. The zero-order valence-electron chi connectivity index (χ0n) is 28.8. The van der Waals surface area contributed by atoms with E-state index in [0.717, 1.165) is 27.4 Å². The largest absolute Gasteiger partial charge is 0.359 e. The van der Waals surface area contributed by atoms with Gasteiger partial charge in [-0.15, -0.1) is 0 Å². The van der Waals surface area contributed by atoms with Gasteiger partial charge in [-0.25, -0.2) is 0 Å². The van der Waals surface area contributed by atoms with Crippen LogP contribution < -0.4 is 15.9 Å². The lowest BCUT2D eigenvalue weighted by Crippen LogP contribution is -2.39. The topological polar surface area (TPSA) is 24.4 Å². The summed E-state index contributed by atoms with van der Waals surface area (Å²) in [5.41, 5.74) is 13.5. The van der Waals surface area contributed by atoms with Crippen molar-refractivity contribution in [2.75, 3.05) is 0 Å². The molecule has 246 valence electrons. The number of hydrogen-bond acceptors (Lipinski definition) is 2. The third kappa shape index (κ3) is 3.80. The third-order valence-electron chi connectivity index (χ3n) is 12.1. The van der Waals surface area contributed by atoms with E-state index in [9.17, 15) is 0 Å². The Labute approximate surface area is 307 Å². The maximum Gasteiger partial charge on any atom is 0.145 e. The van der Waals surface area contributed by atoms with Gasteiger partial charge in [-0.2, -0.15) is 0 Å². The second-order valence-corrected chi connectivity index (χ2v) is 14.6. The van der Waals surface area contributed by atoms with Gasteiger partial charge < -0.3 is 5.32 Å². The third-order valence-corrected chi connectivity index (χ3v) is 12.1. The van der Waals surface area contributed by atoms with Gasteiger partial charge in [0.2, 0.25) is 0 Å². The predicted octanol–water partition coefficient (Wildman–Crippen LogP) is 10.6.